The minimum Gasteiger partial charge on any atom is -0.321 e. The van der Waals surface area contributed by atoms with E-state index >= 15 is 0 Å². The van der Waals surface area contributed by atoms with Crippen LogP contribution in [0.4, 0.5) is 15.8 Å². The first-order valence-electron chi connectivity index (χ1n) is 10.4. The van der Waals surface area contributed by atoms with E-state index in [9.17, 15) is 17.6 Å². The lowest BCUT2D eigenvalue weighted by Crippen LogP contribution is -2.26. The number of anilines is 2. The predicted octanol–water partition coefficient (Wildman–Crippen LogP) is 6.27. The summed E-state index contributed by atoms with van der Waals surface area (Å²) < 4.78 is 41.1. The van der Waals surface area contributed by atoms with E-state index in [2.05, 4.69) is 5.32 Å². The quantitative estimate of drug-likeness (QED) is 0.316. The summed E-state index contributed by atoms with van der Waals surface area (Å²) >= 11 is 1.33. The van der Waals surface area contributed by atoms with Crippen molar-refractivity contribution in [2.75, 3.05) is 16.7 Å². The van der Waals surface area contributed by atoms with Gasteiger partial charge in [0.2, 0.25) is 0 Å². The van der Waals surface area contributed by atoms with Gasteiger partial charge in [0, 0.05) is 22.8 Å². The van der Waals surface area contributed by atoms with E-state index in [1.54, 1.807) is 24.3 Å². The summed E-state index contributed by atoms with van der Waals surface area (Å²) in [5.41, 5.74) is 1.17. The third-order valence-electron chi connectivity index (χ3n) is 5.60. The molecule has 5 nitrogen and oxygen atoms in total. The molecule has 1 N–H and O–H groups in total. The highest BCUT2D eigenvalue weighted by atomic mass is 32.2. The number of nitrogens with one attached hydrogen (secondary N) is 1. The van der Waals surface area contributed by atoms with E-state index in [1.165, 1.54) is 30.5 Å². The molecule has 1 heterocycles. The van der Waals surface area contributed by atoms with Crippen LogP contribution < -0.4 is 9.62 Å². The number of benzene rings is 4. The number of sulfonamides is 1. The number of hydrogen-bond donors (Lipinski definition) is 1. The second-order valence-electron chi connectivity index (χ2n) is 7.74. The molecule has 170 valence electrons. The van der Waals surface area contributed by atoms with Crippen molar-refractivity contribution in [3.63, 3.8) is 0 Å². The number of amides is 1. The van der Waals surface area contributed by atoms with Gasteiger partial charge in [-0.2, -0.15) is 0 Å². The molecule has 0 aliphatic heterocycles. The summed E-state index contributed by atoms with van der Waals surface area (Å²) in [5, 5.41) is 5.73. The molecule has 0 saturated carbocycles. The fourth-order valence-corrected chi connectivity index (χ4v) is 5.89. The second kappa shape index (κ2) is 8.55. The van der Waals surface area contributed by atoms with E-state index < -0.39 is 15.8 Å². The lowest BCUT2D eigenvalue weighted by atomic mass is 10.1. The number of thiophene rings is 1. The van der Waals surface area contributed by atoms with Gasteiger partial charge in [0.05, 0.1) is 15.5 Å². The van der Waals surface area contributed by atoms with Gasteiger partial charge in [-0.1, -0.05) is 36.4 Å². The smallest absolute Gasteiger partial charge is 0.265 e. The fraction of sp³-hybridized carbons (Fsp3) is 0.0385. The fourth-order valence-electron chi connectivity index (χ4n) is 3.76. The summed E-state index contributed by atoms with van der Waals surface area (Å²) in [6.07, 6.45) is 0. The molecular weight excluding hydrogens is 471 g/mol. The molecule has 34 heavy (non-hydrogen) atoms. The van der Waals surface area contributed by atoms with Crippen LogP contribution in [0.1, 0.15) is 9.67 Å². The number of carbonyl (C=O) groups excluding carboxylic acids is 1. The molecule has 0 radical (unpaired) electrons. The maximum atomic E-state index is 13.2. The zero-order valence-corrected chi connectivity index (χ0v) is 19.7. The Bertz CT molecular complexity index is 1640. The zero-order valence-electron chi connectivity index (χ0n) is 18.0. The lowest BCUT2D eigenvalue weighted by Gasteiger charge is -2.19. The van der Waals surface area contributed by atoms with E-state index in [4.69, 9.17) is 0 Å². The van der Waals surface area contributed by atoms with Crippen LogP contribution in [0.3, 0.4) is 0 Å². The number of fused-ring (bicyclic) bond motifs is 2. The van der Waals surface area contributed by atoms with E-state index in [0.717, 1.165) is 43.0 Å². The molecule has 0 atom stereocenters. The average Bonchev–Trinajstić information content (AvgIpc) is 3.28. The Labute approximate surface area is 200 Å². The Balaban J connectivity index is 1.43. The largest absolute Gasteiger partial charge is 0.321 e. The van der Waals surface area contributed by atoms with Crippen molar-refractivity contribution in [1.29, 1.82) is 0 Å². The van der Waals surface area contributed by atoms with Crippen LogP contribution in [0.25, 0.3) is 20.9 Å². The Hall–Kier alpha value is -3.75. The predicted molar refractivity (Wildman–Crippen MR) is 136 cm³/mol. The molecular formula is C26H19FN2O3S2. The topological polar surface area (TPSA) is 66.5 Å². The van der Waals surface area contributed by atoms with Gasteiger partial charge in [-0.15, -0.1) is 11.3 Å². The number of halogens is 1. The van der Waals surface area contributed by atoms with Crippen LogP contribution >= 0.6 is 11.3 Å². The Kier molecular flexibility index (Phi) is 5.55. The van der Waals surface area contributed by atoms with Gasteiger partial charge in [-0.05, 0) is 65.4 Å². The van der Waals surface area contributed by atoms with E-state index in [0.29, 0.717) is 10.6 Å². The number of carbonyl (C=O) groups is 1. The molecule has 0 unspecified atom stereocenters. The molecule has 4 aromatic carbocycles. The highest BCUT2D eigenvalue weighted by Gasteiger charge is 2.22. The van der Waals surface area contributed by atoms with Gasteiger partial charge in [-0.3, -0.25) is 9.10 Å². The number of hydrogen-bond acceptors (Lipinski definition) is 4. The minimum absolute atomic E-state index is 0.00281. The van der Waals surface area contributed by atoms with Crippen LogP contribution in [-0.4, -0.2) is 21.4 Å². The third kappa shape index (κ3) is 4.02. The summed E-state index contributed by atoms with van der Waals surface area (Å²) in [6.45, 7) is 0. The van der Waals surface area contributed by atoms with Gasteiger partial charge in [0.15, 0.2) is 0 Å². The van der Waals surface area contributed by atoms with Crippen molar-refractivity contribution in [2.45, 2.75) is 4.90 Å². The van der Waals surface area contributed by atoms with Crippen LogP contribution in [-0.2, 0) is 10.0 Å². The molecule has 0 aliphatic rings. The van der Waals surface area contributed by atoms with Crippen LogP contribution in [0, 0.1) is 5.82 Å². The molecule has 0 fully saturated rings. The van der Waals surface area contributed by atoms with Crippen molar-refractivity contribution >= 4 is 59.5 Å². The maximum absolute atomic E-state index is 13.2. The Morgan fingerprint density at radius 3 is 2.41 bits per heavy atom. The number of rotatable bonds is 5. The minimum atomic E-state index is -3.86. The first-order valence-corrected chi connectivity index (χ1v) is 12.7. The van der Waals surface area contributed by atoms with Crippen LogP contribution in [0.2, 0.25) is 0 Å². The molecule has 1 amide bonds. The Morgan fingerprint density at radius 2 is 1.62 bits per heavy atom. The molecule has 5 aromatic rings. The average molecular weight is 491 g/mol. The summed E-state index contributed by atoms with van der Waals surface area (Å²) in [4.78, 5) is 13.5. The highest BCUT2D eigenvalue weighted by molar-refractivity contribution is 7.92. The van der Waals surface area contributed by atoms with Gasteiger partial charge in [0.25, 0.3) is 15.9 Å². The second-order valence-corrected chi connectivity index (χ2v) is 10.8. The van der Waals surface area contributed by atoms with Gasteiger partial charge in [-0.25, -0.2) is 12.8 Å². The zero-order chi connectivity index (χ0) is 23.9. The van der Waals surface area contributed by atoms with Crippen LogP contribution in [0.5, 0.6) is 0 Å². The van der Waals surface area contributed by atoms with Crippen molar-refractivity contribution in [3.8, 4) is 0 Å². The lowest BCUT2D eigenvalue weighted by molar-refractivity contribution is 0.103. The van der Waals surface area contributed by atoms with Gasteiger partial charge < -0.3 is 5.32 Å². The van der Waals surface area contributed by atoms with E-state index in [1.807, 2.05) is 42.5 Å². The third-order valence-corrected chi connectivity index (χ3v) is 8.51. The first-order chi connectivity index (χ1) is 16.3. The molecule has 1 aromatic heterocycles. The Morgan fingerprint density at radius 1 is 0.882 bits per heavy atom. The van der Waals surface area contributed by atoms with Crippen molar-refractivity contribution in [3.05, 3.63) is 102 Å². The van der Waals surface area contributed by atoms with Crippen LogP contribution in [0.15, 0.2) is 95.9 Å². The SMILES string of the molecule is CN(c1ccc2sc(C(=O)Nc3cccc4ccccc34)cc2c1)S(=O)(=O)c1ccc(F)cc1. The first kappa shape index (κ1) is 22.1. The molecule has 0 aliphatic carbocycles. The summed E-state index contributed by atoms with van der Waals surface area (Å²) in [5.74, 6) is -0.734. The van der Waals surface area contributed by atoms with Gasteiger partial charge in [0.1, 0.15) is 5.82 Å². The van der Waals surface area contributed by atoms with E-state index in [-0.39, 0.29) is 10.8 Å². The summed E-state index contributed by atoms with van der Waals surface area (Å²) in [6, 6.07) is 25.2. The molecule has 8 heteroatoms. The summed E-state index contributed by atoms with van der Waals surface area (Å²) in [7, 11) is -2.41. The molecule has 0 saturated heterocycles. The monoisotopic (exact) mass is 490 g/mol. The normalized spacial score (nSPS) is 11.6. The molecule has 5 rings (SSSR count). The van der Waals surface area contributed by atoms with Crippen molar-refractivity contribution in [1.82, 2.24) is 0 Å². The van der Waals surface area contributed by atoms with Gasteiger partial charge >= 0.3 is 0 Å². The molecule has 0 bridgehead atoms. The maximum Gasteiger partial charge on any atom is 0.265 e. The molecule has 0 spiro atoms. The standard InChI is InChI=1S/C26H19FN2O3S2/c1-29(34(31,32)21-12-9-19(27)10-13-21)20-11-14-24-18(15-20)16-25(33-24)26(30)28-23-8-4-6-17-5-2-3-7-22(17)23/h2-16H,1H3,(H,28,30). The van der Waals surface area contributed by atoms with Crippen molar-refractivity contribution in [2.24, 2.45) is 0 Å². The number of nitrogens with zero attached hydrogens (tertiary/aromatic N) is 1. The van der Waals surface area contributed by atoms with Crippen molar-refractivity contribution < 1.29 is 17.6 Å². The highest BCUT2D eigenvalue weighted by Crippen LogP contribution is 2.32.